The van der Waals surface area contributed by atoms with Crippen LogP contribution in [0, 0.1) is 13.8 Å². The van der Waals surface area contributed by atoms with Crippen LogP contribution in [0.1, 0.15) is 11.1 Å². The van der Waals surface area contributed by atoms with Crippen molar-refractivity contribution in [2.24, 2.45) is 0 Å². The third-order valence-corrected chi connectivity index (χ3v) is 3.91. The minimum absolute atomic E-state index is 1.26. The van der Waals surface area contributed by atoms with Crippen LogP contribution in [-0.2, 0) is 0 Å². The van der Waals surface area contributed by atoms with Crippen LogP contribution in [-0.4, -0.2) is 0 Å². The van der Waals surface area contributed by atoms with Crippen LogP contribution in [0.3, 0.4) is 0 Å². The minimum atomic E-state index is 1.26. The Morgan fingerprint density at radius 1 is 0.500 bits per heavy atom. The predicted octanol–water partition coefficient (Wildman–Crippen LogP) is 5.64. The van der Waals surface area contributed by atoms with E-state index in [1.165, 1.54) is 33.4 Å². The monoisotopic (exact) mass is 258 g/mol. The highest BCUT2D eigenvalue weighted by atomic mass is 14.1. The van der Waals surface area contributed by atoms with Gasteiger partial charge >= 0.3 is 0 Å². The lowest BCUT2D eigenvalue weighted by molar-refractivity contribution is 1.34. The maximum atomic E-state index is 2.21. The van der Waals surface area contributed by atoms with E-state index in [-0.39, 0.29) is 0 Å². The van der Waals surface area contributed by atoms with E-state index in [2.05, 4.69) is 80.6 Å². The highest BCUT2D eigenvalue weighted by Crippen LogP contribution is 2.28. The summed E-state index contributed by atoms with van der Waals surface area (Å²) >= 11 is 0. The Morgan fingerprint density at radius 2 is 1.10 bits per heavy atom. The van der Waals surface area contributed by atoms with E-state index in [1.807, 2.05) is 6.07 Å². The molecule has 0 bridgehead atoms. The fourth-order valence-corrected chi connectivity index (χ4v) is 2.54. The molecule has 0 radical (unpaired) electrons. The first-order valence-electron chi connectivity index (χ1n) is 6.98. The van der Waals surface area contributed by atoms with Gasteiger partial charge in [-0.2, -0.15) is 0 Å². The highest BCUT2D eigenvalue weighted by molar-refractivity contribution is 5.72. The molecule has 0 heterocycles. The summed E-state index contributed by atoms with van der Waals surface area (Å²) in [4.78, 5) is 0. The summed E-state index contributed by atoms with van der Waals surface area (Å²) in [5, 5.41) is 0. The van der Waals surface area contributed by atoms with Gasteiger partial charge in [0.15, 0.2) is 0 Å². The number of hydrogen-bond donors (Lipinski definition) is 0. The first-order valence-corrected chi connectivity index (χ1v) is 6.98. The van der Waals surface area contributed by atoms with Gasteiger partial charge in [0.25, 0.3) is 0 Å². The van der Waals surface area contributed by atoms with Crippen molar-refractivity contribution < 1.29 is 0 Å². The van der Waals surface area contributed by atoms with Gasteiger partial charge in [0.2, 0.25) is 0 Å². The molecule has 20 heavy (non-hydrogen) atoms. The second-order valence-corrected chi connectivity index (χ2v) is 5.19. The van der Waals surface area contributed by atoms with E-state index >= 15 is 0 Å². The van der Waals surface area contributed by atoms with Crippen molar-refractivity contribution in [2.45, 2.75) is 13.8 Å². The minimum Gasteiger partial charge on any atom is -0.0622 e. The lowest BCUT2D eigenvalue weighted by Crippen LogP contribution is -1.87. The second kappa shape index (κ2) is 5.34. The van der Waals surface area contributed by atoms with Crippen LogP contribution in [0.2, 0.25) is 0 Å². The molecule has 0 nitrogen and oxygen atoms in total. The van der Waals surface area contributed by atoms with Gasteiger partial charge in [0.1, 0.15) is 0 Å². The van der Waals surface area contributed by atoms with Gasteiger partial charge in [0.05, 0.1) is 0 Å². The highest BCUT2D eigenvalue weighted by Gasteiger charge is 2.04. The van der Waals surface area contributed by atoms with Gasteiger partial charge in [0, 0.05) is 0 Å². The van der Waals surface area contributed by atoms with E-state index in [0.29, 0.717) is 0 Å². The van der Waals surface area contributed by atoms with Crippen molar-refractivity contribution >= 4 is 0 Å². The molecule has 0 aliphatic carbocycles. The molecule has 0 heteroatoms. The summed E-state index contributed by atoms with van der Waals surface area (Å²) in [6, 6.07) is 25.8. The van der Waals surface area contributed by atoms with Gasteiger partial charge in [-0.3, -0.25) is 0 Å². The lowest BCUT2D eigenvalue weighted by atomic mass is 9.95. The molecule has 0 N–H and O–H groups in total. The van der Waals surface area contributed by atoms with Crippen LogP contribution in [0.5, 0.6) is 0 Å². The van der Waals surface area contributed by atoms with E-state index in [0.717, 1.165) is 0 Å². The Bertz CT molecular complexity index is 707. The van der Waals surface area contributed by atoms with Crippen LogP contribution < -0.4 is 0 Å². The van der Waals surface area contributed by atoms with Crippen LogP contribution in [0.25, 0.3) is 22.3 Å². The molecule has 0 aromatic heterocycles. The lowest BCUT2D eigenvalue weighted by Gasteiger charge is -2.09. The summed E-state index contributed by atoms with van der Waals surface area (Å²) in [7, 11) is 0. The molecule has 0 aliphatic heterocycles. The van der Waals surface area contributed by atoms with Crippen molar-refractivity contribution in [3.8, 4) is 22.3 Å². The van der Waals surface area contributed by atoms with Crippen molar-refractivity contribution in [3.63, 3.8) is 0 Å². The molecule has 0 unspecified atom stereocenters. The van der Waals surface area contributed by atoms with E-state index in [1.54, 1.807) is 0 Å². The molecule has 0 saturated heterocycles. The molecule has 0 spiro atoms. The third kappa shape index (κ3) is 2.37. The number of rotatable bonds is 2. The zero-order valence-electron chi connectivity index (χ0n) is 11.9. The zero-order valence-corrected chi connectivity index (χ0v) is 11.9. The van der Waals surface area contributed by atoms with E-state index in [9.17, 15) is 0 Å². The maximum Gasteiger partial charge on any atom is -0.0152 e. The Kier molecular flexibility index (Phi) is 3.39. The van der Waals surface area contributed by atoms with E-state index < -0.39 is 0 Å². The topological polar surface area (TPSA) is 0 Å². The summed E-state index contributed by atoms with van der Waals surface area (Å²) in [6.45, 7) is 4.35. The average molecular weight is 258 g/mol. The normalized spacial score (nSPS) is 10.5. The molecule has 0 fully saturated rings. The fraction of sp³-hybridized carbons (Fsp3) is 0.100. The molecular formula is C20H18. The zero-order chi connectivity index (χ0) is 13.9. The van der Waals surface area contributed by atoms with Gasteiger partial charge in [-0.05, 0) is 47.2 Å². The van der Waals surface area contributed by atoms with Gasteiger partial charge in [-0.1, -0.05) is 72.8 Å². The first kappa shape index (κ1) is 12.7. The van der Waals surface area contributed by atoms with Crippen LogP contribution in [0.4, 0.5) is 0 Å². The summed E-state index contributed by atoms with van der Waals surface area (Å²) in [5.74, 6) is 0. The smallest absolute Gasteiger partial charge is 0.0152 e. The van der Waals surface area contributed by atoms with E-state index in [4.69, 9.17) is 0 Å². The Balaban J connectivity index is 2.00. The number of hydrogen-bond acceptors (Lipinski definition) is 0. The van der Waals surface area contributed by atoms with Crippen molar-refractivity contribution in [1.29, 1.82) is 0 Å². The third-order valence-electron chi connectivity index (χ3n) is 3.91. The molecule has 3 aromatic carbocycles. The fourth-order valence-electron chi connectivity index (χ4n) is 2.54. The largest absolute Gasteiger partial charge is 0.0622 e. The maximum absolute atomic E-state index is 2.21. The Hall–Kier alpha value is -2.34. The second-order valence-electron chi connectivity index (χ2n) is 5.19. The quantitative estimate of drug-likeness (QED) is 0.558. The Labute approximate surface area is 120 Å². The van der Waals surface area contributed by atoms with Gasteiger partial charge in [-0.25, -0.2) is 0 Å². The molecular weight excluding hydrogens is 240 g/mol. The predicted molar refractivity (Wildman–Crippen MR) is 86.8 cm³/mol. The van der Waals surface area contributed by atoms with Gasteiger partial charge < -0.3 is 0 Å². The van der Waals surface area contributed by atoms with Gasteiger partial charge in [-0.15, -0.1) is 0 Å². The SMILES string of the molecule is Cc1cccc(-c2ccc(-c3ccccc3)cc2)c1C. The molecule has 0 amide bonds. The molecule has 3 rings (SSSR count). The molecule has 3 aromatic rings. The average Bonchev–Trinajstić information content (AvgIpc) is 2.51. The molecule has 0 atom stereocenters. The van der Waals surface area contributed by atoms with Crippen molar-refractivity contribution in [2.75, 3.05) is 0 Å². The summed E-state index contributed by atoms with van der Waals surface area (Å²) in [5.41, 5.74) is 7.84. The molecule has 0 aliphatic rings. The van der Waals surface area contributed by atoms with Crippen LogP contribution >= 0.6 is 0 Å². The standard InChI is InChI=1S/C20H18/c1-15-7-6-10-20(16(15)2)19-13-11-18(12-14-19)17-8-4-3-5-9-17/h3-14H,1-2H3. The van der Waals surface area contributed by atoms with Crippen LogP contribution in [0.15, 0.2) is 72.8 Å². The molecule has 98 valence electrons. The first-order chi connectivity index (χ1) is 9.75. The van der Waals surface area contributed by atoms with Crippen molar-refractivity contribution in [1.82, 2.24) is 0 Å². The summed E-state index contributed by atoms with van der Waals surface area (Å²) < 4.78 is 0. The molecule has 0 saturated carbocycles. The summed E-state index contributed by atoms with van der Waals surface area (Å²) in [6.07, 6.45) is 0. The van der Waals surface area contributed by atoms with Crippen molar-refractivity contribution in [3.05, 3.63) is 83.9 Å². The Morgan fingerprint density at radius 3 is 1.80 bits per heavy atom. The number of aryl methyl sites for hydroxylation is 1. The number of benzene rings is 3.